The van der Waals surface area contributed by atoms with E-state index in [1.165, 1.54) is 6.07 Å². The smallest absolute Gasteiger partial charge is 0.229 e. The summed E-state index contributed by atoms with van der Waals surface area (Å²) in [5.74, 6) is -2.15. The van der Waals surface area contributed by atoms with Gasteiger partial charge in [-0.25, -0.2) is 8.78 Å². The molecule has 2 aromatic carbocycles. The first-order valence-electron chi connectivity index (χ1n) is 5.65. The minimum atomic E-state index is -0.811. The number of hydrogen-bond acceptors (Lipinski definition) is 2. The van der Waals surface area contributed by atoms with E-state index in [4.69, 9.17) is 5.73 Å². The second kappa shape index (κ2) is 5.48. The lowest BCUT2D eigenvalue weighted by Crippen LogP contribution is -2.17. The number of anilines is 2. The van der Waals surface area contributed by atoms with Gasteiger partial charge in [-0.3, -0.25) is 4.79 Å². The van der Waals surface area contributed by atoms with Crippen LogP contribution in [0.3, 0.4) is 0 Å². The van der Waals surface area contributed by atoms with Crippen LogP contribution in [0.2, 0.25) is 0 Å². The predicted molar refractivity (Wildman–Crippen MR) is 69.5 cm³/mol. The molecule has 0 spiro atoms. The van der Waals surface area contributed by atoms with Gasteiger partial charge in [-0.05, 0) is 23.8 Å². The van der Waals surface area contributed by atoms with Gasteiger partial charge < -0.3 is 11.1 Å². The number of benzene rings is 2. The quantitative estimate of drug-likeness (QED) is 0.836. The zero-order chi connectivity index (χ0) is 13.8. The lowest BCUT2D eigenvalue weighted by Gasteiger charge is -2.08. The summed E-state index contributed by atoms with van der Waals surface area (Å²) in [4.78, 5) is 11.7. The Morgan fingerprint density at radius 2 is 1.68 bits per heavy atom. The van der Waals surface area contributed by atoms with E-state index in [1.54, 1.807) is 24.3 Å². The molecule has 1 amide bonds. The summed E-state index contributed by atoms with van der Waals surface area (Å²) in [6, 6.07) is 10.2. The molecule has 0 saturated heterocycles. The molecule has 0 aliphatic carbocycles. The number of nitrogens with two attached hydrogens (primary N) is 1. The van der Waals surface area contributed by atoms with E-state index in [-0.39, 0.29) is 6.42 Å². The Bertz CT molecular complexity index is 594. The van der Waals surface area contributed by atoms with Crippen molar-refractivity contribution in [2.45, 2.75) is 6.42 Å². The second-order valence-electron chi connectivity index (χ2n) is 4.02. The van der Waals surface area contributed by atoms with Gasteiger partial charge in [0.2, 0.25) is 5.91 Å². The van der Waals surface area contributed by atoms with Crippen molar-refractivity contribution >= 4 is 17.3 Å². The number of carbonyl (C=O) groups excluding carboxylic acids is 1. The molecule has 0 bridgehead atoms. The highest BCUT2D eigenvalue weighted by molar-refractivity contribution is 5.93. The molecular formula is C14H12F2N2O. The van der Waals surface area contributed by atoms with Gasteiger partial charge in [0, 0.05) is 5.69 Å². The third-order valence-corrected chi connectivity index (χ3v) is 2.63. The number of nitrogen functional groups attached to an aromatic ring is 1. The van der Waals surface area contributed by atoms with E-state index >= 15 is 0 Å². The van der Waals surface area contributed by atoms with E-state index in [9.17, 15) is 13.6 Å². The van der Waals surface area contributed by atoms with Gasteiger partial charge in [0.05, 0.1) is 6.42 Å². The average molecular weight is 262 g/mol. The molecule has 2 rings (SSSR count). The average Bonchev–Trinajstić information content (AvgIpc) is 2.37. The van der Waals surface area contributed by atoms with Crippen LogP contribution >= 0.6 is 0 Å². The van der Waals surface area contributed by atoms with E-state index < -0.39 is 23.2 Å². The molecule has 98 valence electrons. The fourth-order valence-corrected chi connectivity index (χ4v) is 1.67. The van der Waals surface area contributed by atoms with Crippen molar-refractivity contribution < 1.29 is 13.6 Å². The van der Waals surface area contributed by atoms with Gasteiger partial charge in [0.15, 0.2) is 0 Å². The SMILES string of the molecule is Nc1ccccc1CC(=O)Nc1c(F)cccc1F. The molecule has 3 N–H and O–H groups in total. The summed E-state index contributed by atoms with van der Waals surface area (Å²) in [5, 5.41) is 2.21. The van der Waals surface area contributed by atoms with Crippen LogP contribution in [0.15, 0.2) is 42.5 Å². The zero-order valence-electron chi connectivity index (χ0n) is 9.99. The Kier molecular flexibility index (Phi) is 3.75. The number of carbonyl (C=O) groups is 1. The van der Waals surface area contributed by atoms with E-state index in [1.807, 2.05) is 0 Å². The van der Waals surface area contributed by atoms with Crippen LogP contribution in [0, 0.1) is 11.6 Å². The number of nitrogens with one attached hydrogen (secondary N) is 1. The predicted octanol–water partition coefficient (Wildman–Crippen LogP) is 2.73. The zero-order valence-corrected chi connectivity index (χ0v) is 9.99. The largest absolute Gasteiger partial charge is 0.398 e. The van der Waals surface area contributed by atoms with Crippen molar-refractivity contribution in [2.75, 3.05) is 11.1 Å². The summed E-state index contributed by atoms with van der Waals surface area (Å²) in [6.07, 6.45) is -0.0412. The van der Waals surface area contributed by atoms with E-state index in [0.29, 0.717) is 11.3 Å². The minimum Gasteiger partial charge on any atom is -0.398 e. The van der Waals surface area contributed by atoms with Crippen LogP contribution in [0.25, 0.3) is 0 Å². The summed E-state index contributed by atoms with van der Waals surface area (Å²) in [5.41, 5.74) is 6.32. The summed E-state index contributed by atoms with van der Waals surface area (Å²) >= 11 is 0. The third-order valence-electron chi connectivity index (χ3n) is 2.63. The highest BCUT2D eigenvalue weighted by Crippen LogP contribution is 2.19. The van der Waals surface area contributed by atoms with Crippen LogP contribution in [0.5, 0.6) is 0 Å². The fraction of sp³-hybridized carbons (Fsp3) is 0.0714. The van der Waals surface area contributed by atoms with Gasteiger partial charge in [0.1, 0.15) is 17.3 Å². The van der Waals surface area contributed by atoms with Crippen LogP contribution in [0.4, 0.5) is 20.2 Å². The highest BCUT2D eigenvalue weighted by Gasteiger charge is 2.12. The van der Waals surface area contributed by atoms with Crippen LogP contribution in [0.1, 0.15) is 5.56 Å². The number of halogens is 2. The molecule has 0 saturated carbocycles. The number of para-hydroxylation sites is 2. The van der Waals surface area contributed by atoms with E-state index in [0.717, 1.165) is 12.1 Å². The van der Waals surface area contributed by atoms with Crippen molar-refractivity contribution in [2.24, 2.45) is 0 Å². The molecule has 5 heteroatoms. The first-order chi connectivity index (χ1) is 9.08. The molecule has 19 heavy (non-hydrogen) atoms. The van der Waals surface area contributed by atoms with E-state index in [2.05, 4.69) is 5.32 Å². The number of amides is 1. The molecular weight excluding hydrogens is 250 g/mol. The summed E-state index contributed by atoms with van der Waals surface area (Å²) in [7, 11) is 0. The summed E-state index contributed by atoms with van der Waals surface area (Å²) in [6.45, 7) is 0. The number of rotatable bonds is 3. The Morgan fingerprint density at radius 1 is 1.05 bits per heavy atom. The minimum absolute atomic E-state index is 0.0412. The maximum Gasteiger partial charge on any atom is 0.229 e. The fourth-order valence-electron chi connectivity index (χ4n) is 1.67. The van der Waals surface area contributed by atoms with Gasteiger partial charge in [-0.1, -0.05) is 24.3 Å². The second-order valence-corrected chi connectivity index (χ2v) is 4.02. The van der Waals surface area contributed by atoms with Gasteiger partial charge in [-0.2, -0.15) is 0 Å². The standard InChI is InChI=1S/C14H12F2N2O/c15-10-5-3-6-11(16)14(10)18-13(19)8-9-4-1-2-7-12(9)17/h1-7H,8,17H2,(H,18,19). The summed E-state index contributed by atoms with van der Waals surface area (Å²) < 4.78 is 26.7. The van der Waals surface area contributed by atoms with Gasteiger partial charge in [0.25, 0.3) is 0 Å². The first-order valence-corrected chi connectivity index (χ1v) is 5.65. The highest BCUT2D eigenvalue weighted by atomic mass is 19.1. The molecule has 0 aliphatic heterocycles. The van der Waals surface area contributed by atoms with Crippen molar-refractivity contribution in [3.05, 3.63) is 59.7 Å². The van der Waals surface area contributed by atoms with Crippen LogP contribution in [-0.2, 0) is 11.2 Å². The molecule has 0 fully saturated rings. The Labute approximate surface area is 109 Å². The first kappa shape index (κ1) is 13.0. The van der Waals surface area contributed by atoms with Crippen LogP contribution < -0.4 is 11.1 Å². The normalized spacial score (nSPS) is 10.2. The van der Waals surface area contributed by atoms with Crippen LogP contribution in [-0.4, -0.2) is 5.91 Å². The molecule has 3 nitrogen and oxygen atoms in total. The van der Waals surface area contributed by atoms with Crippen molar-refractivity contribution in [1.82, 2.24) is 0 Å². The van der Waals surface area contributed by atoms with Gasteiger partial charge in [-0.15, -0.1) is 0 Å². The molecule has 0 atom stereocenters. The Hall–Kier alpha value is -2.43. The topological polar surface area (TPSA) is 55.1 Å². The van der Waals surface area contributed by atoms with Crippen molar-refractivity contribution in [3.63, 3.8) is 0 Å². The maximum absolute atomic E-state index is 13.3. The lowest BCUT2D eigenvalue weighted by atomic mass is 10.1. The lowest BCUT2D eigenvalue weighted by molar-refractivity contribution is -0.115. The molecule has 0 radical (unpaired) electrons. The Morgan fingerprint density at radius 3 is 2.32 bits per heavy atom. The monoisotopic (exact) mass is 262 g/mol. The van der Waals surface area contributed by atoms with Crippen molar-refractivity contribution in [3.8, 4) is 0 Å². The van der Waals surface area contributed by atoms with Crippen molar-refractivity contribution in [1.29, 1.82) is 0 Å². The molecule has 0 aromatic heterocycles. The Balaban J connectivity index is 2.12. The maximum atomic E-state index is 13.3. The number of hydrogen-bond donors (Lipinski definition) is 2. The van der Waals surface area contributed by atoms with Gasteiger partial charge >= 0.3 is 0 Å². The molecule has 0 aliphatic rings. The molecule has 0 heterocycles. The molecule has 0 unspecified atom stereocenters. The third kappa shape index (κ3) is 3.07. The molecule has 2 aromatic rings.